The Bertz CT molecular complexity index is 510. The molecule has 0 aliphatic heterocycles. The van der Waals surface area contributed by atoms with E-state index in [0.29, 0.717) is 22.9 Å². The largest absolute Gasteiger partial charge is 0.494 e. The first kappa shape index (κ1) is 12.1. The minimum Gasteiger partial charge on any atom is -0.494 e. The molecule has 0 bridgehead atoms. The molecule has 2 N–H and O–H groups in total. The molecule has 0 aromatic carbocycles. The minimum atomic E-state index is 0.352. The van der Waals surface area contributed by atoms with Crippen molar-refractivity contribution in [1.29, 1.82) is 10.8 Å². The van der Waals surface area contributed by atoms with Gasteiger partial charge in [0.1, 0.15) is 11.5 Å². The molecule has 2 aliphatic rings. The highest BCUT2D eigenvalue weighted by atomic mass is 16.5. The maximum Gasteiger partial charge on any atom is 0.144 e. The predicted octanol–water partition coefficient (Wildman–Crippen LogP) is 2.52. The second-order valence-corrected chi connectivity index (χ2v) is 3.83. The highest BCUT2D eigenvalue weighted by Gasteiger charge is 2.13. The normalized spacial score (nSPS) is 22.8. The summed E-state index contributed by atoms with van der Waals surface area (Å²) in [5.41, 5.74) is 2.57. The van der Waals surface area contributed by atoms with E-state index in [9.17, 15) is 0 Å². The summed E-state index contributed by atoms with van der Waals surface area (Å²) in [4.78, 5) is 0. The van der Waals surface area contributed by atoms with E-state index in [1.807, 2.05) is 12.2 Å². The molecule has 18 heavy (non-hydrogen) atoms. The molecule has 0 saturated heterocycles. The monoisotopic (exact) mass is 242 g/mol. The van der Waals surface area contributed by atoms with Crippen molar-refractivity contribution in [2.24, 2.45) is 0 Å². The van der Waals surface area contributed by atoms with E-state index in [1.54, 1.807) is 38.5 Å². The topological polar surface area (TPSA) is 66.2 Å². The number of hydrogen-bond donors (Lipinski definition) is 2. The van der Waals surface area contributed by atoms with E-state index in [-0.39, 0.29) is 0 Å². The highest BCUT2D eigenvalue weighted by Crippen LogP contribution is 2.23. The van der Waals surface area contributed by atoms with Crippen molar-refractivity contribution in [1.82, 2.24) is 0 Å². The fourth-order valence-corrected chi connectivity index (χ4v) is 1.74. The number of rotatable bonds is 2. The van der Waals surface area contributed by atoms with Gasteiger partial charge in [-0.15, -0.1) is 0 Å². The molecular weight excluding hydrogens is 228 g/mol. The van der Waals surface area contributed by atoms with Crippen LogP contribution in [-0.4, -0.2) is 25.6 Å². The summed E-state index contributed by atoms with van der Waals surface area (Å²) >= 11 is 0. The molecule has 4 heteroatoms. The van der Waals surface area contributed by atoms with Crippen LogP contribution in [0.3, 0.4) is 0 Å². The van der Waals surface area contributed by atoms with Gasteiger partial charge in [0.05, 0.1) is 25.6 Å². The second-order valence-electron chi connectivity index (χ2n) is 3.83. The molecule has 4 nitrogen and oxygen atoms in total. The van der Waals surface area contributed by atoms with Gasteiger partial charge in [-0.05, 0) is 35.5 Å². The first-order valence-corrected chi connectivity index (χ1v) is 5.45. The Kier molecular flexibility index (Phi) is 3.28. The van der Waals surface area contributed by atoms with Gasteiger partial charge >= 0.3 is 0 Å². The minimum absolute atomic E-state index is 0.352. The molecule has 0 aromatic heterocycles. The average Bonchev–Trinajstić information content (AvgIpc) is 2.40. The van der Waals surface area contributed by atoms with E-state index >= 15 is 0 Å². The van der Waals surface area contributed by atoms with Crippen LogP contribution >= 0.6 is 0 Å². The number of methoxy groups -OCH3 is 2. The van der Waals surface area contributed by atoms with E-state index in [0.717, 1.165) is 11.1 Å². The van der Waals surface area contributed by atoms with Crippen LogP contribution in [-0.2, 0) is 9.47 Å². The van der Waals surface area contributed by atoms with Crippen LogP contribution < -0.4 is 0 Å². The Morgan fingerprint density at radius 3 is 1.44 bits per heavy atom. The molecule has 0 fully saturated rings. The van der Waals surface area contributed by atoms with E-state index in [2.05, 4.69) is 0 Å². The van der Waals surface area contributed by atoms with Gasteiger partial charge in [-0.25, -0.2) is 0 Å². The first-order valence-electron chi connectivity index (χ1n) is 5.45. The van der Waals surface area contributed by atoms with Gasteiger partial charge in [0.15, 0.2) is 0 Å². The lowest BCUT2D eigenvalue weighted by molar-refractivity contribution is 0.314. The molecule has 0 heterocycles. The molecule has 0 unspecified atom stereocenters. The summed E-state index contributed by atoms with van der Waals surface area (Å²) in [7, 11) is 3.09. The summed E-state index contributed by atoms with van der Waals surface area (Å²) in [6.45, 7) is 0. The third kappa shape index (κ3) is 2.18. The quantitative estimate of drug-likeness (QED) is 0.781. The van der Waals surface area contributed by atoms with Crippen molar-refractivity contribution >= 4 is 11.4 Å². The third-order valence-corrected chi connectivity index (χ3v) is 2.74. The number of ether oxygens (including phenoxy) is 2. The predicted molar refractivity (Wildman–Crippen MR) is 70.9 cm³/mol. The number of allylic oxidation sites excluding steroid dienone is 8. The summed E-state index contributed by atoms with van der Waals surface area (Å²) < 4.78 is 10.3. The van der Waals surface area contributed by atoms with E-state index < -0.39 is 0 Å². The number of hydrogen-bond acceptors (Lipinski definition) is 4. The molecule has 2 aliphatic carbocycles. The Labute approximate surface area is 106 Å². The van der Waals surface area contributed by atoms with Crippen LogP contribution in [0.15, 0.2) is 59.1 Å². The van der Waals surface area contributed by atoms with Gasteiger partial charge in [0, 0.05) is 0 Å². The zero-order chi connectivity index (χ0) is 13.1. The van der Waals surface area contributed by atoms with E-state index in [1.165, 1.54) is 0 Å². The van der Waals surface area contributed by atoms with Crippen LogP contribution in [0.25, 0.3) is 0 Å². The van der Waals surface area contributed by atoms with Gasteiger partial charge in [-0.3, -0.25) is 10.8 Å². The highest BCUT2D eigenvalue weighted by molar-refractivity contribution is 6.08. The lowest BCUT2D eigenvalue weighted by Gasteiger charge is -2.14. The van der Waals surface area contributed by atoms with Crippen LogP contribution in [0, 0.1) is 10.8 Å². The first-order chi connectivity index (χ1) is 8.65. The van der Waals surface area contributed by atoms with Gasteiger partial charge in [0.25, 0.3) is 0 Å². The van der Waals surface area contributed by atoms with Gasteiger partial charge in [-0.1, -0.05) is 12.2 Å². The molecule has 0 aromatic rings. The molecular formula is C14H14N2O2. The van der Waals surface area contributed by atoms with Crippen LogP contribution in [0.1, 0.15) is 0 Å². The van der Waals surface area contributed by atoms with Crippen molar-refractivity contribution < 1.29 is 9.47 Å². The Hall–Kier alpha value is -2.36. The molecule has 0 saturated carbocycles. The zero-order valence-electron chi connectivity index (χ0n) is 10.3. The average molecular weight is 242 g/mol. The van der Waals surface area contributed by atoms with E-state index in [4.69, 9.17) is 20.3 Å². The van der Waals surface area contributed by atoms with Crippen LogP contribution in [0.2, 0.25) is 0 Å². The summed E-state index contributed by atoms with van der Waals surface area (Å²) in [5.74, 6) is 1.06. The summed E-state index contributed by atoms with van der Waals surface area (Å²) in [6.07, 6.45) is 10.7. The molecule has 92 valence electrons. The van der Waals surface area contributed by atoms with Crippen LogP contribution in [0.4, 0.5) is 0 Å². The van der Waals surface area contributed by atoms with Crippen LogP contribution in [0.5, 0.6) is 0 Å². The summed E-state index contributed by atoms with van der Waals surface area (Å²) in [5, 5.41) is 15.3. The Balaban J connectivity index is 2.44. The third-order valence-electron chi connectivity index (χ3n) is 2.74. The van der Waals surface area contributed by atoms with Gasteiger partial charge < -0.3 is 9.47 Å². The van der Waals surface area contributed by atoms with Crippen molar-refractivity contribution in [3.05, 3.63) is 59.1 Å². The summed E-state index contributed by atoms with van der Waals surface area (Å²) in [6, 6.07) is 0. The van der Waals surface area contributed by atoms with Crippen molar-refractivity contribution in [3.8, 4) is 0 Å². The van der Waals surface area contributed by atoms with Crippen molar-refractivity contribution in [2.45, 2.75) is 0 Å². The lowest BCUT2D eigenvalue weighted by Crippen LogP contribution is -2.07. The Morgan fingerprint density at radius 1 is 0.722 bits per heavy atom. The maximum absolute atomic E-state index is 7.66. The lowest BCUT2D eigenvalue weighted by atomic mass is 9.97. The fourth-order valence-electron chi connectivity index (χ4n) is 1.74. The molecule has 2 rings (SSSR count). The zero-order valence-corrected chi connectivity index (χ0v) is 10.3. The second kappa shape index (κ2) is 4.87. The van der Waals surface area contributed by atoms with Crippen molar-refractivity contribution in [2.75, 3.05) is 14.2 Å². The molecule has 0 spiro atoms. The molecule has 0 atom stereocenters. The van der Waals surface area contributed by atoms with Gasteiger partial charge in [0.2, 0.25) is 0 Å². The SMILES string of the molecule is COC1=C/C(=C2\C=CC(=N)C(OC)=C2)C=CC1=N. The molecule has 0 radical (unpaired) electrons. The standard InChI is InChI=1S/C14H14N2O2/c1-17-13-7-9(3-5-11(13)15)10-4-6-12(16)14(8-10)18-2/h3-8,15-16H,1-2H3/b10-9+,15-11?,16-12?. The molecule has 0 amide bonds. The van der Waals surface area contributed by atoms with Gasteiger partial charge in [-0.2, -0.15) is 0 Å². The van der Waals surface area contributed by atoms with Crippen molar-refractivity contribution in [3.63, 3.8) is 0 Å². The number of nitrogens with one attached hydrogen (secondary N) is 2. The Morgan fingerprint density at radius 2 is 1.11 bits per heavy atom. The maximum atomic E-state index is 7.66. The fraction of sp³-hybridized carbons (Fsp3) is 0.143. The smallest absolute Gasteiger partial charge is 0.144 e.